The molecule has 1 heterocycles. The van der Waals surface area contributed by atoms with E-state index in [9.17, 15) is 9.59 Å². The fourth-order valence-electron chi connectivity index (χ4n) is 2.71. The molecule has 8 nitrogen and oxygen atoms in total. The highest BCUT2D eigenvalue weighted by molar-refractivity contribution is 5.78. The summed E-state index contributed by atoms with van der Waals surface area (Å²) in [5.74, 6) is 0.310. The number of esters is 1. The summed E-state index contributed by atoms with van der Waals surface area (Å²) in [6.45, 7) is 4.23. The second kappa shape index (κ2) is 12.4. The van der Waals surface area contributed by atoms with Crippen LogP contribution in [0.15, 0.2) is 4.99 Å². The standard InChI is InChI=1S/C17H32N4O4/c1-3-25-17(23)21-12-9-14(10-13-21)20-16(18)19-11-7-5-4-6-8-15(22)24-2/h14H,3-13H2,1-2H3,(H3,18,19,20). The molecule has 1 fully saturated rings. The van der Waals surface area contributed by atoms with Gasteiger partial charge in [-0.2, -0.15) is 0 Å². The molecule has 0 unspecified atom stereocenters. The van der Waals surface area contributed by atoms with E-state index in [0.717, 1.165) is 38.5 Å². The van der Waals surface area contributed by atoms with Crippen LogP contribution in [0.5, 0.6) is 0 Å². The quantitative estimate of drug-likeness (QED) is 0.281. The molecule has 0 aliphatic carbocycles. The molecule has 0 bridgehead atoms. The summed E-state index contributed by atoms with van der Waals surface area (Å²) in [7, 11) is 1.41. The topological polar surface area (TPSA) is 106 Å². The van der Waals surface area contributed by atoms with Gasteiger partial charge < -0.3 is 25.4 Å². The Morgan fingerprint density at radius 1 is 1.20 bits per heavy atom. The first kappa shape index (κ1) is 21.1. The fraction of sp³-hybridized carbons (Fsp3) is 0.824. The van der Waals surface area contributed by atoms with Gasteiger partial charge >= 0.3 is 12.1 Å². The molecule has 144 valence electrons. The van der Waals surface area contributed by atoms with Crippen LogP contribution in [-0.4, -0.2) is 62.3 Å². The minimum Gasteiger partial charge on any atom is -0.469 e. The van der Waals surface area contributed by atoms with Crippen molar-refractivity contribution in [1.29, 1.82) is 0 Å². The van der Waals surface area contributed by atoms with E-state index in [-0.39, 0.29) is 18.1 Å². The van der Waals surface area contributed by atoms with Crippen molar-refractivity contribution in [2.45, 2.75) is 57.9 Å². The van der Waals surface area contributed by atoms with Gasteiger partial charge in [-0.25, -0.2) is 4.79 Å². The predicted molar refractivity (Wildman–Crippen MR) is 96.3 cm³/mol. The zero-order chi connectivity index (χ0) is 18.5. The molecule has 0 aromatic carbocycles. The summed E-state index contributed by atoms with van der Waals surface area (Å²) in [6, 6.07) is 0.245. The maximum atomic E-state index is 11.6. The lowest BCUT2D eigenvalue weighted by Crippen LogP contribution is -2.48. The lowest BCUT2D eigenvalue weighted by Gasteiger charge is -2.31. The molecular formula is C17H32N4O4. The largest absolute Gasteiger partial charge is 0.469 e. The first-order valence-corrected chi connectivity index (χ1v) is 9.11. The molecule has 1 saturated heterocycles. The molecule has 0 spiro atoms. The normalized spacial score (nSPS) is 15.8. The van der Waals surface area contributed by atoms with Crippen molar-refractivity contribution in [3.05, 3.63) is 0 Å². The minimum atomic E-state index is -0.241. The van der Waals surface area contributed by atoms with Crippen LogP contribution in [0.2, 0.25) is 0 Å². The number of aliphatic imine (C=N–C) groups is 1. The first-order valence-electron chi connectivity index (χ1n) is 9.11. The van der Waals surface area contributed by atoms with E-state index in [1.807, 2.05) is 6.92 Å². The van der Waals surface area contributed by atoms with E-state index in [1.54, 1.807) is 4.90 Å². The van der Waals surface area contributed by atoms with Gasteiger partial charge in [-0.05, 0) is 32.6 Å². The molecule has 8 heteroatoms. The number of nitrogens with one attached hydrogen (secondary N) is 1. The Balaban J connectivity index is 2.10. The number of rotatable bonds is 9. The number of likely N-dealkylation sites (tertiary alicyclic amines) is 1. The number of guanidine groups is 1. The SMILES string of the molecule is CCOC(=O)N1CCC(NC(N)=NCCCCCCC(=O)OC)CC1. The Morgan fingerprint density at radius 3 is 2.52 bits per heavy atom. The van der Waals surface area contributed by atoms with Crippen molar-refractivity contribution in [3.8, 4) is 0 Å². The molecule has 1 rings (SSSR count). The number of amides is 1. The van der Waals surface area contributed by atoms with Crippen LogP contribution in [0, 0.1) is 0 Å². The molecule has 3 N–H and O–H groups in total. The summed E-state index contributed by atoms with van der Waals surface area (Å²) in [5.41, 5.74) is 5.92. The van der Waals surface area contributed by atoms with Gasteiger partial charge in [0.1, 0.15) is 0 Å². The average molecular weight is 356 g/mol. The fourth-order valence-corrected chi connectivity index (χ4v) is 2.71. The second-order valence-electron chi connectivity index (χ2n) is 6.11. The number of nitrogens with zero attached hydrogens (tertiary/aromatic N) is 2. The monoisotopic (exact) mass is 356 g/mol. The zero-order valence-corrected chi connectivity index (χ0v) is 15.5. The van der Waals surface area contributed by atoms with Crippen molar-refractivity contribution < 1.29 is 19.1 Å². The molecule has 0 aromatic heterocycles. The van der Waals surface area contributed by atoms with Gasteiger partial charge in [-0.1, -0.05) is 12.8 Å². The van der Waals surface area contributed by atoms with Gasteiger partial charge in [0.2, 0.25) is 0 Å². The number of carbonyl (C=O) groups is 2. The van der Waals surface area contributed by atoms with Crippen molar-refractivity contribution in [2.24, 2.45) is 10.7 Å². The number of piperidine rings is 1. The predicted octanol–water partition coefficient (Wildman–Crippen LogP) is 1.64. The number of ether oxygens (including phenoxy) is 2. The highest BCUT2D eigenvalue weighted by Gasteiger charge is 2.23. The highest BCUT2D eigenvalue weighted by atomic mass is 16.6. The van der Waals surface area contributed by atoms with E-state index in [1.165, 1.54) is 7.11 Å². The third-order valence-corrected chi connectivity index (χ3v) is 4.17. The second-order valence-corrected chi connectivity index (χ2v) is 6.11. The van der Waals surface area contributed by atoms with Crippen molar-refractivity contribution in [1.82, 2.24) is 10.2 Å². The van der Waals surface area contributed by atoms with Crippen LogP contribution in [-0.2, 0) is 14.3 Å². The molecule has 0 atom stereocenters. The molecule has 0 aromatic rings. The van der Waals surface area contributed by atoms with Gasteiger partial charge in [-0.3, -0.25) is 9.79 Å². The molecule has 1 aliphatic rings. The number of hydrogen-bond donors (Lipinski definition) is 2. The number of carbonyl (C=O) groups excluding carboxylic acids is 2. The Kier molecular flexibility index (Phi) is 10.4. The van der Waals surface area contributed by atoms with Gasteiger partial charge in [0, 0.05) is 32.1 Å². The Hall–Kier alpha value is -1.99. The molecular weight excluding hydrogens is 324 g/mol. The Labute approximate surface area is 150 Å². The van der Waals surface area contributed by atoms with Crippen LogP contribution in [0.25, 0.3) is 0 Å². The van der Waals surface area contributed by atoms with E-state index >= 15 is 0 Å². The van der Waals surface area contributed by atoms with E-state index in [0.29, 0.717) is 38.6 Å². The summed E-state index contributed by atoms with van der Waals surface area (Å²) >= 11 is 0. The zero-order valence-electron chi connectivity index (χ0n) is 15.5. The Bertz CT molecular complexity index is 434. The smallest absolute Gasteiger partial charge is 0.409 e. The molecule has 1 aliphatic heterocycles. The van der Waals surface area contributed by atoms with Crippen LogP contribution >= 0.6 is 0 Å². The molecule has 0 saturated carbocycles. The third kappa shape index (κ3) is 9.16. The third-order valence-electron chi connectivity index (χ3n) is 4.17. The maximum Gasteiger partial charge on any atom is 0.409 e. The number of nitrogens with two attached hydrogens (primary N) is 1. The van der Waals surface area contributed by atoms with Gasteiger partial charge in [0.15, 0.2) is 5.96 Å². The van der Waals surface area contributed by atoms with Gasteiger partial charge in [0.05, 0.1) is 13.7 Å². The molecule has 25 heavy (non-hydrogen) atoms. The number of unbranched alkanes of at least 4 members (excludes halogenated alkanes) is 3. The van der Waals surface area contributed by atoms with Gasteiger partial charge in [0.25, 0.3) is 0 Å². The van der Waals surface area contributed by atoms with Crippen LogP contribution in [0.1, 0.15) is 51.9 Å². The maximum absolute atomic E-state index is 11.6. The minimum absolute atomic E-state index is 0.152. The number of hydrogen-bond acceptors (Lipinski definition) is 5. The summed E-state index contributed by atoms with van der Waals surface area (Å²) in [5, 5.41) is 3.22. The molecule has 1 amide bonds. The van der Waals surface area contributed by atoms with E-state index in [2.05, 4.69) is 15.0 Å². The van der Waals surface area contributed by atoms with E-state index < -0.39 is 0 Å². The van der Waals surface area contributed by atoms with Crippen molar-refractivity contribution in [2.75, 3.05) is 33.4 Å². The lowest BCUT2D eigenvalue weighted by atomic mass is 10.1. The summed E-state index contributed by atoms with van der Waals surface area (Å²) in [4.78, 5) is 28.7. The summed E-state index contributed by atoms with van der Waals surface area (Å²) < 4.78 is 9.60. The first-order chi connectivity index (χ1) is 12.1. The lowest BCUT2D eigenvalue weighted by molar-refractivity contribution is -0.140. The Morgan fingerprint density at radius 2 is 1.88 bits per heavy atom. The highest BCUT2D eigenvalue weighted by Crippen LogP contribution is 2.11. The van der Waals surface area contributed by atoms with E-state index in [4.69, 9.17) is 10.5 Å². The van der Waals surface area contributed by atoms with Gasteiger partial charge in [-0.15, -0.1) is 0 Å². The van der Waals surface area contributed by atoms with Crippen molar-refractivity contribution in [3.63, 3.8) is 0 Å². The number of methoxy groups -OCH3 is 1. The van der Waals surface area contributed by atoms with Crippen molar-refractivity contribution >= 4 is 18.0 Å². The van der Waals surface area contributed by atoms with Crippen LogP contribution in [0.3, 0.4) is 0 Å². The average Bonchev–Trinajstić information content (AvgIpc) is 2.61. The summed E-state index contributed by atoms with van der Waals surface area (Å²) in [6.07, 6.45) is 5.72. The van der Waals surface area contributed by atoms with Crippen LogP contribution < -0.4 is 11.1 Å². The molecule has 0 radical (unpaired) electrons. The van der Waals surface area contributed by atoms with Crippen LogP contribution in [0.4, 0.5) is 4.79 Å².